The molecule has 1 aliphatic rings. The zero-order valence-corrected chi connectivity index (χ0v) is 17.1. The van der Waals surface area contributed by atoms with Crippen LogP contribution < -0.4 is 51.4 Å². The molecule has 0 spiro atoms. The summed E-state index contributed by atoms with van der Waals surface area (Å²) in [4.78, 5) is 13.8. The Morgan fingerprint density at radius 1 is 1.36 bits per heavy atom. The van der Waals surface area contributed by atoms with Crippen LogP contribution >= 0.6 is 11.3 Å². The van der Waals surface area contributed by atoms with Crippen LogP contribution in [0.25, 0.3) is 0 Å². The molecule has 1 saturated heterocycles. The van der Waals surface area contributed by atoms with E-state index in [1.807, 2.05) is 0 Å². The van der Waals surface area contributed by atoms with Crippen LogP contribution in [0.4, 0.5) is 17.7 Å². The molecule has 0 radical (unpaired) electrons. The van der Waals surface area contributed by atoms with Gasteiger partial charge in [-0.2, -0.15) is 0 Å². The summed E-state index contributed by atoms with van der Waals surface area (Å²) in [7, 11) is 0. The second kappa shape index (κ2) is 7.57. The minimum Gasteiger partial charge on any atom is -0.449 e. The molecule has 1 aromatic heterocycles. The second-order valence-corrected chi connectivity index (χ2v) is 7.28. The molecule has 1 aliphatic heterocycles. The first kappa shape index (κ1) is 20.5. The zero-order valence-electron chi connectivity index (χ0n) is 13.2. The third kappa shape index (κ3) is 5.24. The van der Waals surface area contributed by atoms with Gasteiger partial charge in [-0.25, -0.2) is 4.79 Å². The Bertz CT molecular complexity index is 504. The molecule has 0 saturated carbocycles. The molecule has 118 valence electrons. The van der Waals surface area contributed by atoms with Gasteiger partial charge in [0.2, 0.25) is 0 Å². The van der Waals surface area contributed by atoms with Crippen LogP contribution in [0.3, 0.4) is 0 Å². The molecule has 2 heterocycles. The van der Waals surface area contributed by atoms with Gasteiger partial charge in [0.15, 0.2) is 0 Å². The number of ether oxygens (including phenoxy) is 1. The van der Waals surface area contributed by atoms with Crippen molar-refractivity contribution in [2.75, 3.05) is 13.1 Å². The topological polar surface area (TPSA) is 29.5 Å². The molecule has 2 atom stereocenters. The molecule has 3 nitrogen and oxygen atoms in total. The van der Waals surface area contributed by atoms with E-state index in [0.717, 1.165) is 0 Å². The van der Waals surface area contributed by atoms with Crippen LogP contribution in [0.5, 0.6) is 0 Å². The van der Waals surface area contributed by atoms with Gasteiger partial charge in [0.1, 0.15) is 5.60 Å². The van der Waals surface area contributed by atoms with Gasteiger partial charge in [0.05, 0.1) is 0 Å². The predicted molar refractivity (Wildman–Crippen MR) is 77.7 cm³/mol. The average molecular weight is 359 g/mol. The summed E-state index contributed by atoms with van der Waals surface area (Å²) >= 11 is 1.30. The van der Waals surface area contributed by atoms with Gasteiger partial charge in [0.25, 0.3) is 0 Å². The molecule has 0 N–H and O–H groups in total. The van der Waals surface area contributed by atoms with Crippen LogP contribution in [0.1, 0.15) is 31.6 Å². The molecule has 22 heavy (non-hydrogen) atoms. The van der Waals surface area contributed by atoms with Crippen LogP contribution in [0, 0.1) is 0 Å². The predicted octanol–water partition coefficient (Wildman–Crippen LogP) is 1.30. The smallest absolute Gasteiger partial charge is 0.449 e. The maximum Gasteiger partial charge on any atom is 1.00 e. The third-order valence-electron chi connectivity index (χ3n) is 3.41. The number of carbonyl (C=O) groups excluding carboxylic acids is 1. The number of carbonyl (C=O) groups is 1. The summed E-state index contributed by atoms with van der Waals surface area (Å²) in [5.74, 6) is -2.16. The number of thiophene rings is 1. The molecule has 0 aromatic carbocycles. The minimum atomic E-state index is -5.00. The van der Waals surface area contributed by atoms with Gasteiger partial charge in [-0.3, -0.25) is 0 Å². The summed E-state index contributed by atoms with van der Waals surface area (Å²) in [5.41, 5.74) is -0.711. The molecule has 9 heteroatoms. The Labute approximate surface area is 175 Å². The zero-order chi connectivity index (χ0) is 15.8. The van der Waals surface area contributed by atoms with Crippen molar-refractivity contribution in [3.8, 4) is 0 Å². The van der Waals surface area contributed by atoms with Crippen molar-refractivity contribution in [1.29, 1.82) is 0 Å². The van der Waals surface area contributed by atoms with Crippen molar-refractivity contribution in [3.05, 3.63) is 22.4 Å². The van der Waals surface area contributed by atoms with Crippen molar-refractivity contribution >= 4 is 24.4 Å². The van der Waals surface area contributed by atoms with E-state index in [1.54, 1.807) is 38.3 Å². The van der Waals surface area contributed by atoms with Gasteiger partial charge < -0.3 is 22.6 Å². The Kier molecular flexibility index (Phi) is 7.05. The normalized spacial score (nSPS) is 22.4. The Hall–Kier alpha value is 0.461. The first-order valence-electron chi connectivity index (χ1n) is 6.79. The Morgan fingerprint density at radius 2 is 2.00 bits per heavy atom. The van der Waals surface area contributed by atoms with Gasteiger partial charge >= 0.3 is 64.5 Å². The number of likely N-dealkylation sites (tertiary alicyclic amines) is 1. The van der Waals surface area contributed by atoms with Crippen molar-refractivity contribution in [3.63, 3.8) is 0 Å². The van der Waals surface area contributed by atoms with Crippen LogP contribution in [-0.2, 0) is 4.74 Å². The molecule has 1 aromatic rings. The molecule has 1 amide bonds. The van der Waals surface area contributed by atoms with E-state index in [4.69, 9.17) is 4.74 Å². The fraction of sp³-hybridized carbons (Fsp3) is 0.615. The fourth-order valence-electron chi connectivity index (χ4n) is 2.49. The summed E-state index contributed by atoms with van der Waals surface area (Å²) in [6, 6.07) is 3.43. The number of hydrogen-bond donors (Lipinski definition) is 0. The van der Waals surface area contributed by atoms with E-state index in [9.17, 15) is 17.7 Å². The fourth-order valence-corrected chi connectivity index (χ4v) is 3.39. The van der Waals surface area contributed by atoms with Gasteiger partial charge in [-0.1, -0.05) is 6.07 Å². The van der Waals surface area contributed by atoms with E-state index in [0.29, 0.717) is 4.88 Å². The maximum atomic E-state index is 13.3. The molecule has 2 unspecified atom stereocenters. The molecular weight excluding hydrogens is 341 g/mol. The average Bonchev–Trinajstić information content (AvgIpc) is 2.94. The Balaban J connectivity index is 0.00000242. The summed E-state index contributed by atoms with van der Waals surface area (Å²) in [6.45, 7) is -0.175. The van der Waals surface area contributed by atoms with Crippen molar-refractivity contribution < 1.29 is 73.9 Å². The van der Waals surface area contributed by atoms with Gasteiger partial charge in [-0.05, 0) is 44.0 Å². The number of halogens is 3. The number of rotatable bonds is 2. The number of nitrogens with zero attached hydrogens (tertiary/aromatic N) is 1. The quantitative estimate of drug-likeness (QED) is 0.746. The van der Waals surface area contributed by atoms with Crippen molar-refractivity contribution in [2.45, 2.75) is 38.1 Å². The third-order valence-corrected chi connectivity index (χ3v) is 4.42. The van der Waals surface area contributed by atoms with E-state index >= 15 is 0 Å². The summed E-state index contributed by atoms with van der Waals surface area (Å²) in [6.07, 6.45) is -0.674. The summed E-state index contributed by atoms with van der Waals surface area (Å²) in [5, 5.41) is 1.76. The van der Waals surface area contributed by atoms with Crippen LogP contribution in [-0.4, -0.2) is 36.7 Å². The Morgan fingerprint density at radius 3 is 2.45 bits per heavy atom. The first-order valence-corrected chi connectivity index (χ1v) is 7.67. The molecule has 0 aliphatic carbocycles. The molecular formula is C13H18BF3KNO2S. The standard InChI is InChI=1S/C13H18BF3NO2S.K/c1-13(2,3)20-12(19)18-7-9(11-5-4-6-21-11)10(8-18)14(15,16)17;/h4-6,9-10H,7-8H2,1-3H3;/q-1;+1. The van der Waals surface area contributed by atoms with Crippen LogP contribution in [0.2, 0.25) is 5.82 Å². The molecule has 2 rings (SSSR count). The van der Waals surface area contributed by atoms with Crippen LogP contribution in [0.15, 0.2) is 17.5 Å². The monoisotopic (exact) mass is 359 g/mol. The second-order valence-electron chi connectivity index (χ2n) is 6.30. The number of hydrogen-bond acceptors (Lipinski definition) is 3. The van der Waals surface area contributed by atoms with Gasteiger partial charge in [-0.15, -0.1) is 11.3 Å². The van der Waals surface area contributed by atoms with Crippen molar-refractivity contribution in [1.82, 2.24) is 4.90 Å². The first-order chi connectivity index (χ1) is 9.58. The van der Waals surface area contributed by atoms with Crippen molar-refractivity contribution in [2.24, 2.45) is 0 Å². The molecule has 0 bridgehead atoms. The van der Waals surface area contributed by atoms with E-state index in [-0.39, 0.29) is 64.5 Å². The largest absolute Gasteiger partial charge is 1.00 e. The van der Waals surface area contributed by atoms with E-state index < -0.39 is 30.4 Å². The minimum absolute atomic E-state index is 0. The van der Waals surface area contributed by atoms with E-state index in [2.05, 4.69) is 0 Å². The van der Waals surface area contributed by atoms with Gasteiger partial charge in [0, 0.05) is 18.0 Å². The maximum absolute atomic E-state index is 13.3. The summed E-state index contributed by atoms with van der Waals surface area (Å²) < 4.78 is 45.0. The molecule has 1 fully saturated rings. The SMILES string of the molecule is CC(C)(C)OC(=O)N1CC(c2cccs2)C([B-](F)(F)F)C1.[K+]. The number of amides is 1. The van der Waals surface area contributed by atoms with E-state index in [1.165, 1.54) is 16.2 Å².